The number of hydrogen-bond donors (Lipinski definition) is 2. The van der Waals surface area contributed by atoms with E-state index in [1.54, 1.807) is 0 Å². The van der Waals surface area contributed by atoms with Crippen LogP contribution in [0, 0.1) is 5.92 Å². The molecular weight excluding hydrogens is 212 g/mol. The highest BCUT2D eigenvalue weighted by Crippen LogP contribution is 2.17. The van der Waals surface area contributed by atoms with E-state index in [4.69, 9.17) is 5.11 Å². The molecule has 0 aliphatic carbocycles. The second kappa shape index (κ2) is 6.50. The summed E-state index contributed by atoms with van der Waals surface area (Å²) >= 11 is 0. The van der Waals surface area contributed by atoms with E-state index in [1.165, 1.54) is 5.69 Å². The molecule has 0 aliphatic heterocycles. The minimum Gasteiger partial charge on any atom is -0.396 e. The van der Waals surface area contributed by atoms with Crippen molar-refractivity contribution in [2.24, 2.45) is 5.92 Å². The highest BCUT2D eigenvalue weighted by molar-refractivity contribution is 5.54. The Hall–Kier alpha value is -1.22. The Kier molecular flexibility index (Phi) is 5.29. The second-order valence-corrected chi connectivity index (χ2v) is 5.01. The molecule has 0 radical (unpaired) electrons. The van der Waals surface area contributed by atoms with Crippen molar-refractivity contribution in [3.05, 3.63) is 24.3 Å². The first-order valence-corrected chi connectivity index (χ1v) is 6.17. The smallest absolute Gasteiger partial charge is 0.0457 e. The van der Waals surface area contributed by atoms with Crippen molar-refractivity contribution < 1.29 is 5.11 Å². The summed E-state index contributed by atoms with van der Waals surface area (Å²) in [5.41, 5.74) is 2.33. The van der Waals surface area contributed by atoms with E-state index in [1.807, 2.05) is 14.1 Å². The average Bonchev–Trinajstić information content (AvgIpc) is 2.29. The molecule has 2 unspecified atom stereocenters. The first-order chi connectivity index (χ1) is 8.02. The monoisotopic (exact) mass is 236 g/mol. The Bertz CT molecular complexity index is 321. The number of benzene rings is 1. The van der Waals surface area contributed by atoms with Crippen LogP contribution in [0.3, 0.4) is 0 Å². The molecule has 0 aliphatic rings. The van der Waals surface area contributed by atoms with E-state index in [0.717, 1.165) is 12.1 Å². The molecule has 96 valence electrons. The van der Waals surface area contributed by atoms with Gasteiger partial charge in [-0.3, -0.25) is 0 Å². The van der Waals surface area contributed by atoms with Crippen LogP contribution in [0.15, 0.2) is 24.3 Å². The predicted molar refractivity (Wildman–Crippen MR) is 74.7 cm³/mol. The van der Waals surface area contributed by atoms with Crippen LogP contribution in [0.5, 0.6) is 0 Å². The summed E-state index contributed by atoms with van der Waals surface area (Å²) in [5, 5.41) is 12.5. The third kappa shape index (κ3) is 4.65. The van der Waals surface area contributed by atoms with Gasteiger partial charge in [-0.05, 0) is 43.5 Å². The molecule has 0 bridgehead atoms. The summed E-state index contributed by atoms with van der Waals surface area (Å²) in [4.78, 5) is 2.08. The van der Waals surface area contributed by atoms with Crippen LogP contribution in [0.4, 0.5) is 11.4 Å². The number of aliphatic hydroxyl groups excluding tert-OH is 1. The van der Waals surface area contributed by atoms with E-state index in [0.29, 0.717) is 12.0 Å². The fraction of sp³-hybridized carbons (Fsp3) is 0.571. The van der Waals surface area contributed by atoms with Crippen LogP contribution in [0.25, 0.3) is 0 Å². The van der Waals surface area contributed by atoms with E-state index < -0.39 is 0 Å². The molecule has 2 N–H and O–H groups in total. The van der Waals surface area contributed by atoms with Gasteiger partial charge in [0.1, 0.15) is 0 Å². The maximum atomic E-state index is 9.01. The van der Waals surface area contributed by atoms with Gasteiger partial charge < -0.3 is 15.3 Å². The number of anilines is 2. The van der Waals surface area contributed by atoms with Gasteiger partial charge in [-0.1, -0.05) is 6.92 Å². The highest BCUT2D eigenvalue weighted by Gasteiger charge is 2.07. The van der Waals surface area contributed by atoms with E-state index in [9.17, 15) is 0 Å². The van der Waals surface area contributed by atoms with Gasteiger partial charge in [0.15, 0.2) is 0 Å². The minimum atomic E-state index is 0.256. The summed E-state index contributed by atoms with van der Waals surface area (Å²) < 4.78 is 0. The number of nitrogens with zero attached hydrogens (tertiary/aromatic N) is 1. The van der Waals surface area contributed by atoms with Gasteiger partial charge in [-0.15, -0.1) is 0 Å². The maximum absolute atomic E-state index is 9.01. The molecule has 0 fully saturated rings. The van der Waals surface area contributed by atoms with Crippen molar-refractivity contribution in [3.63, 3.8) is 0 Å². The zero-order valence-electron chi connectivity index (χ0n) is 11.3. The lowest BCUT2D eigenvalue weighted by Gasteiger charge is -2.19. The fourth-order valence-corrected chi connectivity index (χ4v) is 1.88. The number of rotatable bonds is 6. The number of aliphatic hydroxyl groups is 1. The van der Waals surface area contributed by atoms with Crippen LogP contribution in [-0.4, -0.2) is 31.9 Å². The summed E-state index contributed by atoms with van der Waals surface area (Å²) in [7, 11) is 4.07. The Morgan fingerprint density at radius 1 is 1.18 bits per heavy atom. The van der Waals surface area contributed by atoms with Gasteiger partial charge in [0.2, 0.25) is 0 Å². The second-order valence-electron chi connectivity index (χ2n) is 5.01. The quantitative estimate of drug-likeness (QED) is 0.797. The first kappa shape index (κ1) is 13.8. The molecule has 0 amide bonds. The van der Waals surface area contributed by atoms with Gasteiger partial charge in [-0.2, -0.15) is 0 Å². The van der Waals surface area contributed by atoms with Crippen LogP contribution in [0.1, 0.15) is 20.3 Å². The van der Waals surface area contributed by atoms with Crippen LogP contribution in [-0.2, 0) is 0 Å². The lowest BCUT2D eigenvalue weighted by atomic mass is 10.0. The number of nitrogens with one attached hydrogen (secondary N) is 1. The summed E-state index contributed by atoms with van der Waals surface area (Å²) in [6, 6.07) is 8.77. The maximum Gasteiger partial charge on any atom is 0.0457 e. The van der Waals surface area contributed by atoms with Crippen molar-refractivity contribution >= 4 is 11.4 Å². The average molecular weight is 236 g/mol. The zero-order chi connectivity index (χ0) is 12.8. The predicted octanol–water partition coefficient (Wildman–Crippen LogP) is 2.57. The topological polar surface area (TPSA) is 35.5 Å². The molecule has 17 heavy (non-hydrogen) atoms. The number of hydrogen-bond acceptors (Lipinski definition) is 3. The van der Waals surface area contributed by atoms with Crippen molar-refractivity contribution in [1.29, 1.82) is 0 Å². The lowest BCUT2D eigenvalue weighted by molar-refractivity contribution is 0.227. The Morgan fingerprint density at radius 3 is 2.24 bits per heavy atom. The van der Waals surface area contributed by atoms with Gasteiger partial charge in [-0.25, -0.2) is 0 Å². The summed E-state index contributed by atoms with van der Waals surface area (Å²) in [6.45, 7) is 4.46. The summed E-state index contributed by atoms with van der Waals surface area (Å²) in [5.74, 6) is 0.346. The normalized spacial score (nSPS) is 14.2. The van der Waals surface area contributed by atoms with Crippen LogP contribution < -0.4 is 10.2 Å². The molecule has 0 heterocycles. The standard InChI is InChI=1S/C14H24N2O/c1-11(10-17)9-12(2)15-13-5-7-14(8-6-13)16(3)4/h5-8,11-12,15,17H,9-10H2,1-4H3. The molecular formula is C14H24N2O. The largest absolute Gasteiger partial charge is 0.396 e. The van der Waals surface area contributed by atoms with Gasteiger partial charge >= 0.3 is 0 Å². The molecule has 1 aromatic rings. The Balaban J connectivity index is 2.51. The molecule has 0 saturated heterocycles. The van der Waals surface area contributed by atoms with Crippen LogP contribution in [0.2, 0.25) is 0 Å². The van der Waals surface area contributed by atoms with Crippen molar-refractivity contribution in [2.45, 2.75) is 26.3 Å². The van der Waals surface area contributed by atoms with E-state index in [2.05, 4.69) is 48.3 Å². The van der Waals surface area contributed by atoms with E-state index in [-0.39, 0.29) is 6.61 Å². The fourth-order valence-electron chi connectivity index (χ4n) is 1.88. The highest BCUT2D eigenvalue weighted by atomic mass is 16.3. The Morgan fingerprint density at radius 2 is 1.76 bits per heavy atom. The molecule has 3 heteroatoms. The molecule has 0 saturated carbocycles. The molecule has 1 rings (SSSR count). The van der Waals surface area contributed by atoms with Gasteiger partial charge in [0.05, 0.1) is 0 Å². The molecule has 1 aromatic carbocycles. The molecule has 0 spiro atoms. The third-order valence-electron chi connectivity index (χ3n) is 2.86. The summed E-state index contributed by atoms with van der Waals surface area (Å²) in [6.07, 6.45) is 0.978. The molecule has 3 nitrogen and oxygen atoms in total. The molecule has 2 atom stereocenters. The van der Waals surface area contributed by atoms with Gasteiger partial charge in [0.25, 0.3) is 0 Å². The third-order valence-corrected chi connectivity index (χ3v) is 2.86. The van der Waals surface area contributed by atoms with Gasteiger partial charge in [0, 0.05) is 38.1 Å². The van der Waals surface area contributed by atoms with E-state index >= 15 is 0 Å². The van der Waals surface area contributed by atoms with Crippen molar-refractivity contribution in [3.8, 4) is 0 Å². The Labute approximate surface area is 104 Å². The minimum absolute atomic E-state index is 0.256. The van der Waals surface area contributed by atoms with Crippen molar-refractivity contribution in [2.75, 3.05) is 30.9 Å². The SMILES string of the molecule is CC(CO)CC(C)Nc1ccc(N(C)C)cc1. The van der Waals surface area contributed by atoms with Crippen LogP contribution >= 0.6 is 0 Å². The molecule has 0 aromatic heterocycles. The van der Waals surface area contributed by atoms with Crippen molar-refractivity contribution in [1.82, 2.24) is 0 Å². The first-order valence-electron chi connectivity index (χ1n) is 6.17. The lowest BCUT2D eigenvalue weighted by Crippen LogP contribution is -2.20. The zero-order valence-corrected chi connectivity index (χ0v) is 11.3.